The van der Waals surface area contributed by atoms with Gasteiger partial charge in [-0.15, -0.1) is 0 Å². The van der Waals surface area contributed by atoms with Crippen LogP contribution in [0, 0.1) is 11.8 Å². The molecule has 0 heterocycles. The summed E-state index contributed by atoms with van der Waals surface area (Å²) in [6.07, 6.45) is -0.187. The first-order chi connectivity index (χ1) is 15.2. The Labute approximate surface area is 201 Å². The molecule has 0 radical (unpaired) electrons. The molecule has 0 aliphatic rings. The van der Waals surface area contributed by atoms with Gasteiger partial charge in [0.2, 0.25) is 11.8 Å². The summed E-state index contributed by atoms with van der Waals surface area (Å²) in [5.41, 5.74) is 5.42. The summed E-state index contributed by atoms with van der Waals surface area (Å²) in [5.74, 6) is -1.78. The van der Waals surface area contributed by atoms with E-state index in [4.69, 9.17) is 15.2 Å². The first kappa shape index (κ1) is 31.1. The van der Waals surface area contributed by atoms with E-state index in [1.54, 1.807) is 48.5 Å². The van der Waals surface area contributed by atoms with Crippen molar-refractivity contribution < 1.29 is 33.8 Å². The Kier molecular flexibility index (Phi) is 14.3. The number of hydrogen-bond acceptors (Lipinski definition) is 9. The number of carbonyl (C=O) groups is 4. The normalized spacial score (nSPS) is 14.4. The summed E-state index contributed by atoms with van der Waals surface area (Å²) in [6, 6.07) is -2.05. The Balaban J connectivity index is 4.73. The number of rotatable bonds is 14. The maximum Gasteiger partial charge on any atom is 0.308 e. The fraction of sp³-hybridized carbons (Fsp3) is 0.818. The van der Waals surface area contributed by atoms with Crippen molar-refractivity contribution in [2.75, 3.05) is 24.7 Å². The van der Waals surface area contributed by atoms with Crippen molar-refractivity contribution in [3.05, 3.63) is 0 Å². The van der Waals surface area contributed by atoms with E-state index in [2.05, 4.69) is 10.6 Å². The maximum absolute atomic E-state index is 12.4. The molecule has 0 aliphatic heterocycles. The van der Waals surface area contributed by atoms with Crippen molar-refractivity contribution in [3.63, 3.8) is 0 Å². The molecule has 0 saturated heterocycles. The SMILES string of the molecule is CC(C)C(=O)OCCC(CSCC(N)C(=O)NC(CO)C(=O)NC(C)(C)C)OC(=O)C(C)C. The molecule has 0 bridgehead atoms. The molecular formula is C22H41N3O7S. The van der Waals surface area contributed by atoms with Crippen molar-refractivity contribution in [2.24, 2.45) is 17.6 Å². The number of esters is 2. The molecule has 0 rings (SSSR count). The fourth-order valence-corrected chi connectivity index (χ4v) is 3.30. The largest absolute Gasteiger partial charge is 0.465 e. The number of thioether (sulfide) groups is 1. The number of hydrogen-bond donors (Lipinski definition) is 4. The summed E-state index contributed by atoms with van der Waals surface area (Å²) in [7, 11) is 0. The Morgan fingerprint density at radius 2 is 1.55 bits per heavy atom. The summed E-state index contributed by atoms with van der Waals surface area (Å²) in [6.45, 7) is 11.8. The zero-order valence-electron chi connectivity index (χ0n) is 20.8. The van der Waals surface area contributed by atoms with Gasteiger partial charge in [0.25, 0.3) is 0 Å². The molecule has 11 heteroatoms. The van der Waals surface area contributed by atoms with Gasteiger partial charge < -0.3 is 30.9 Å². The second kappa shape index (κ2) is 15.1. The molecule has 0 aromatic heterocycles. The molecule has 0 spiro atoms. The third-order valence-electron chi connectivity index (χ3n) is 4.16. The van der Waals surface area contributed by atoms with Gasteiger partial charge in [-0.05, 0) is 20.8 Å². The second-order valence-corrected chi connectivity index (χ2v) is 10.5. The minimum absolute atomic E-state index is 0.112. The highest BCUT2D eigenvalue weighted by Crippen LogP contribution is 2.13. The van der Waals surface area contributed by atoms with Crippen LogP contribution < -0.4 is 16.4 Å². The van der Waals surface area contributed by atoms with E-state index in [1.165, 1.54) is 11.8 Å². The van der Waals surface area contributed by atoms with Gasteiger partial charge in [0.1, 0.15) is 12.1 Å². The Hall–Kier alpha value is -1.85. The maximum atomic E-state index is 12.4. The Morgan fingerprint density at radius 3 is 2.03 bits per heavy atom. The van der Waals surface area contributed by atoms with Gasteiger partial charge in [0, 0.05) is 23.5 Å². The molecule has 10 nitrogen and oxygen atoms in total. The molecule has 2 amide bonds. The highest BCUT2D eigenvalue weighted by atomic mass is 32.2. The van der Waals surface area contributed by atoms with Crippen LogP contribution in [0.5, 0.6) is 0 Å². The van der Waals surface area contributed by atoms with Gasteiger partial charge in [-0.1, -0.05) is 27.7 Å². The van der Waals surface area contributed by atoms with Crippen LogP contribution in [-0.2, 0) is 28.7 Å². The number of aliphatic hydroxyl groups excluding tert-OH is 1. The second-order valence-electron chi connectivity index (χ2n) is 9.45. The van der Waals surface area contributed by atoms with Crippen LogP contribution in [0.3, 0.4) is 0 Å². The van der Waals surface area contributed by atoms with E-state index in [0.29, 0.717) is 12.2 Å². The van der Waals surface area contributed by atoms with Gasteiger partial charge in [-0.25, -0.2) is 0 Å². The number of ether oxygens (including phenoxy) is 2. The van der Waals surface area contributed by atoms with Crippen molar-refractivity contribution in [2.45, 2.75) is 78.6 Å². The van der Waals surface area contributed by atoms with E-state index >= 15 is 0 Å². The molecule has 33 heavy (non-hydrogen) atoms. The van der Waals surface area contributed by atoms with Crippen LogP contribution in [-0.4, -0.2) is 77.3 Å². The molecule has 3 atom stereocenters. The molecule has 3 unspecified atom stereocenters. The molecule has 192 valence electrons. The topological polar surface area (TPSA) is 157 Å². The van der Waals surface area contributed by atoms with Crippen LogP contribution in [0.1, 0.15) is 54.9 Å². The summed E-state index contributed by atoms with van der Waals surface area (Å²) < 4.78 is 10.6. The monoisotopic (exact) mass is 491 g/mol. The summed E-state index contributed by atoms with van der Waals surface area (Å²) in [5, 5.41) is 14.6. The van der Waals surface area contributed by atoms with Gasteiger partial charge in [0.05, 0.1) is 31.1 Å². The van der Waals surface area contributed by atoms with Gasteiger partial charge in [0.15, 0.2) is 0 Å². The third kappa shape index (κ3) is 14.1. The van der Waals surface area contributed by atoms with E-state index in [0.717, 1.165) is 0 Å². The van der Waals surface area contributed by atoms with Crippen LogP contribution in [0.15, 0.2) is 0 Å². The highest BCUT2D eigenvalue weighted by Gasteiger charge is 2.26. The predicted octanol–water partition coefficient (Wildman–Crippen LogP) is 0.596. The van der Waals surface area contributed by atoms with Crippen molar-refractivity contribution >= 4 is 35.5 Å². The lowest BCUT2D eigenvalue weighted by Gasteiger charge is -2.25. The molecule has 0 aliphatic carbocycles. The molecule has 0 fully saturated rings. The first-order valence-electron chi connectivity index (χ1n) is 11.1. The standard InChI is InChI=1S/C22H41N3O7S/c1-13(2)20(29)31-9-8-15(32-21(30)14(3)4)11-33-12-16(23)18(27)24-17(10-26)19(28)25-22(5,6)7/h13-17,26H,8-12,23H2,1-7H3,(H,24,27)(H,25,28). The van der Waals surface area contributed by atoms with Crippen LogP contribution in [0.4, 0.5) is 0 Å². The van der Waals surface area contributed by atoms with E-state index in [-0.39, 0.29) is 36.1 Å². The minimum atomic E-state index is -1.11. The number of carbonyl (C=O) groups excluding carboxylic acids is 4. The number of aliphatic hydroxyl groups is 1. The molecule has 5 N–H and O–H groups in total. The van der Waals surface area contributed by atoms with Crippen LogP contribution in [0.25, 0.3) is 0 Å². The Bertz CT molecular complexity index is 650. The zero-order chi connectivity index (χ0) is 25.8. The molecule has 0 saturated carbocycles. The number of nitrogens with two attached hydrogens (primary N) is 1. The zero-order valence-corrected chi connectivity index (χ0v) is 21.6. The van der Waals surface area contributed by atoms with Gasteiger partial charge >= 0.3 is 11.9 Å². The molecule has 0 aromatic carbocycles. The van der Waals surface area contributed by atoms with Crippen molar-refractivity contribution in [1.29, 1.82) is 0 Å². The van der Waals surface area contributed by atoms with E-state index in [1.807, 2.05) is 0 Å². The average Bonchev–Trinajstić information content (AvgIpc) is 2.69. The predicted molar refractivity (Wildman–Crippen MR) is 127 cm³/mol. The third-order valence-corrected chi connectivity index (χ3v) is 5.36. The first-order valence-corrected chi connectivity index (χ1v) is 12.3. The number of amides is 2. The van der Waals surface area contributed by atoms with Crippen LogP contribution in [0.2, 0.25) is 0 Å². The molecular weight excluding hydrogens is 450 g/mol. The minimum Gasteiger partial charge on any atom is -0.465 e. The summed E-state index contributed by atoms with van der Waals surface area (Å²) in [4.78, 5) is 48.2. The van der Waals surface area contributed by atoms with E-state index in [9.17, 15) is 24.3 Å². The quantitative estimate of drug-likeness (QED) is 0.255. The lowest BCUT2D eigenvalue weighted by Crippen LogP contribution is -2.56. The average molecular weight is 492 g/mol. The highest BCUT2D eigenvalue weighted by molar-refractivity contribution is 7.99. The van der Waals surface area contributed by atoms with Gasteiger partial charge in [-0.3, -0.25) is 19.2 Å². The van der Waals surface area contributed by atoms with Crippen LogP contribution >= 0.6 is 11.8 Å². The summed E-state index contributed by atoms with van der Waals surface area (Å²) >= 11 is 1.30. The smallest absolute Gasteiger partial charge is 0.308 e. The Morgan fingerprint density at radius 1 is 0.970 bits per heavy atom. The number of nitrogens with one attached hydrogen (secondary N) is 2. The van der Waals surface area contributed by atoms with Crippen molar-refractivity contribution in [3.8, 4) is 0 Å². The molecule has 0 aromatic rings. The lowest BCUT2D eigenvalue weighted by atomic mass is 10.1. The lowest BCUT2D eigenvalue weighted by molar-refractivity contribution is -0.154. The van der Waals surface area contributed by atoms with Gasteiger partial charge in [-0.2, -0.15) is 11.8 Å². The van der Waals surface area contributed by atoms with Crippen molar-refractivity contribution in [1.82, 2.24) is 10.6 Å². The fourth-order valence-electron chi connectivity index (χ4n) is 2.27. The van der Waals surface area contributed by atoms with E-state index < -0.39 is 42.1 Å².